The van der Waals surface area contributed by atoms with Crippen molar-refractivity contribution in [1.29, 1.82) is 0 Å². The fraction of sp³-hybridized carbons (Fsp3) is 0.308. The summed E-state index contributed by atoms with van der Waals surface area (Å²) in [6.07, 6.45) is 4.39. The molecule has 0 saturated heterocycles. The Morgan fingerprint density at radius 1 is 1.47 bits per heavy atom. The number of carbonyl (C=O) groups is 1. The van der Waals surface area contributed by atoms with Crippen molar-refractivity contribution < 1.29 is 14.3 Å². The van der Waals surface area contributed by atoms with Gasteiger partial charge in [0.05, 0.1) is 5.02 Å². The maximum absolute atomic E-state index is 13.0. The van der Waals surface area contributed by atoms with E-state index in [0.29, 0.717) is 12.1 Å². The van der Waals surface area contributed by atoms with Gasteiger partial charge < -0.3 is 15.7 Å². The molecule has 1 aromatic carbocycles. The first kappa shape index (κ1) is 13.8. The molecule has 0 spiro atoms. The van der Waals surface area contributed by atoms with Gasteiger partial charge >= 0.3 is 6.03 Å². The molecule has 3 N–H and O–H groups in total. The van der Waals surface area contributed by atoms with Gasteiger partial charge in [-0.15, -0.1) is 0 Å². The molecule has 0 unspecified atom stereocenters. The van der Waals surface area contributed by atoms with Crippen LogP contribution in [0.2, 0.25) is 5.02 Å². The lowest BCUT2D eigenvalue weighted by atomic mass is 10.1. The van der Waals surface area contributed by atoms with Crippen LogP contribution in [-0.4, -0.2) is 23.8 Å². The molecule has 2 atom stereocenters. The highest BCUT2D eigenvalue weighted by Gasteiger charge is 2.19. The number of urea groups is 1. The maximum atomic E-state index is 13.0. The molecule has 19 heavy (non-hydrogen) atoms. The second-order valence-corrected chi connectivity index (χ2v) is 4.80. The highest BCUT2D eigenvalue weighted by atomic mass is 35.5. The summed E-state index contributed by atoms with van der Waals surface area (Å²) in [7, 11) is 0. The van der Waals surface area contributed by atoms with Gasteiger partial charge in [-0.2, -0.15) is 0 Å². The summed E-state index contributed by atoms with van der Waals surface area (Å²) in [5, 5.41) is 14.3. The predicted octanol–water partition coefficient (Wildman–Crippen LogP) is 2.54. The summed E-state index contributed by atoms with van der Waals surface area (Å²) in [5.74, 6) is -0.442. The Morgan fingerprint density at radius 2 is 2.26 bits per heavy atom. The molecule has 102 valence electrons. The number of nitrogens with one attached hydrogen (secondary N) is 2. The Hall–Kier alpha value is -1.59. The van der Waals surface area contributed by atoms with Gasteiger partial charge in [-0.05, 0) is 24.6 Å². The molecule has 0 aromatic heterocycles. The number of aliphatic hydroxyl groups excluding tert-OH is 1. The topological polar surface area (TPSA) is 61.4 Å². The van der Waals surface area contributed by atoms with E-state index in [-0.39, 0.29) is 23.6 Å². The first-order valence-corrected chi connectivity index (χ1v) is 6.28. The van der Waals surface area contributed by atoms with Gasteiger partial charge in [-0.3, -0.25) is 0 Å². The fourth-order valence-electron chi connectivity index (χ4n) is 1.93. The predicted molar refractivity (Wildman–Crippen MR) is 71.7 cm³/mol. The molecular formula is C13H14ClFN2O2. The lowest BCUT2D eigenvalue weighted by Crippen LogP contribution is -2.36. The van der Waals surface area contributed by atoms with Crippen LogP contribution in [0.4, 0.5) is 14.9 Å². The van der Waals surface area contributed by atoms with Crippen molar-refractivity contribution in [2.24, 2.45) is 5.92 Å². The van der Waals surface area contributed by atoms with Crippen molar-refractivity contribution in [2.45, 2.75) is 12.5 Å². The van der Waals surface area contributed by atoms with Crippen molar-refractivity contribution in [3.63, 3.8) is 0 Å². The van der Waals surface area contributed by atoms with Crippen LogP contribution in [0, 0.1) is 11.7 Å². The molecule has 2 rings (SSSR count). The van der Waals surface area contributed by atoms with E-state index in [4.69, 9.17) is 16.7 Å². The Bertz CT molecular complexity index is 507. The Balaban J connectivity index is 1.88. The molecule has 0 heterocycles. The van der Waals surface area contributed by atoms with E-state index in [1.807, 2.05) is 12.2 Å². The molecule has 0 fully saturated rings. The highest BCUT2D eigenvalue weighted by Crippen LogP contribution is 2.20. The van der Waals surface area contributed by atoms with Gasteiger partial charge in [-0.1, -0.05) is 23.8 Å². The van der Waals surface area contributed by atoms with Gasteiger partial charge in [0.1, 0.15) is 5.82 Å². The summed E-state index contributed by atoms with van der Waals surface area (Å²) < 4.78 is 13.0. The average Bonchev–Trinajstić information content (AvgIpc) is 2.81. The number of halogens is 2. The van der Waals surface area contributed by atoms with Crippen molar-refractivity contribution in [3.05, 3.63) is 41.2 Å². The summed E-state index contributed by atoms with van der Waals surface area (Å²) in [6.45, 7) is 0.0733. The van der Waals surface area contributed by atoms with Crippen molar-refractivity contribution >= 4 is 23.3 Å². The molecule has 0 radical (unpaired) electrons. The molecule has 4 nitrogen and oxygen atoms in total. The Kier molecular flexibility index (Phi) is 4.39. The second kappa shape index (κ2) is 6.04. The number of carbonyl (C=O) groups excluding carboxylic acids is 1. The van der Waals surface area contributed by atoms with Crippen LogP contribution in [0.1, 0.15) is 6.42 Å². The van der Waals surface area contributed by atoms with E-state index in [1.165, 1.54) is 18.2 Å². The molecule has 0 saturated carbocycles. The normalized spacial score (nSPS) is 21.4. The van der Waals surface area contributed by atoms with Crippen LogP contribution in [0.25, 0.3) is 0 Å². The summed E-state index contributed by atoms with van der Waals surface area (Å²) >= 11 is 5.62. The number of aliphatic hydroxyl groups is 1. The fourth-order valence-corrected chi connectivity index (χ4v) is 2.11. The van der Waals surface area contributed by atoms with Crippen molar-refractivity contribution in [3.8, 4) is 0 Å². The van der Waals surface area contributed by atoms with Gasteiger partial charge in [0.25, 0.3) is 0 Å². The molecule has 6 heteroatoms. The summed E-state index contributed by atoms with van der Waals surface area (Å²) in [6, 6.07) is 3.47. The van der Waals surface area contributed by atoms with Crippen molar-refractivity contribution in [1.82, 2.24) is 5.32 Å². The SMILES string of the molecule is O=C(Nc1ccc(F)c(Cl)c1)N[C@@H]1C=C[C@H](CO)C1. The van der Waals surface area contributed by atoms with Crippen LogP contribution in [0.15, 0.2) is 30.4 Å². The Labute approximate surface area is 115 Å². The van der Waals surface area contributed by atoms with E-state index in [2.05, 4.69) is 10.6 Å². The highest BCUT2D eigenvalue weighted by molar-refractivity contribution is 6.31. The standard InChI is InChI=1S/C13H14ClFN2O2/c14-11-6-10(3-4-12(11)15)17-13(19)16-9-2-1-8(5-9)7-18/h1-4,6,8-9,18H,5,7H2,(H2,16,17,19)/t8-,9+/m0/s1. The van der Waals surface area contributed by atoms with Gasteiger partial charge in [-0.25, -0.2) is 9.18 Å². The van der Waals surface area contributed by atoms with Crippen LogP contribution in [0.3, 0.4) is 0 Å². The second-order valence-electron chi connectivity index (χ2n) is 4.40. The van der Waals surface area contributed by atoms with E-state index in [9.17, 15) is 9.18 Å². The smallest absolute Gasteiger partial charge is 0.319 e. The van der Waals surface area contributed by atoms with E-state index in [0.717, 1.165) is 0 Å². The zero-order chi connectivity index (χ0) is 13.8. The molecule has 2 amide bonds. The number of benzene rings is 1. The number of hydrogen-bond acceptors (Lipinski definition) is 2. The van der Waals surface area contributed by atoms with Gasteiger partial charge in [0.15, 0.2) is 0 Å². The van der Waals surface area contributed by atoms with E-state index >= 15 is 0 Å². The van der Waals surface area contributed by atoms with Crippen molar-refractivity contribution in [2.75, 3.05) is 11.9 Å². The third-order valence-electron chi connectivity index (χ3n) is 2.90. The minimum Gasteiger partial charge on any atom is -0.396 e. The summed E-state index contributed by atoms with van der Waals surface area (Å²) in [4.78, 5) is 11.7. The minimum atomic E-state index is -0.530. The van der Waals surface area contributed by atoms with E-state index < -0.39 is 11.8 Å². The molecule has 1 aliphatic carbocycles. The molecular weight excluding hydrogens is 271 g/mol. The van der Waals surface area contributed by atoms with Crippen LogP contribution in [0.5, 0.6) is 0 Å². The number of hydrogen-bond donors (Lipinski definition) is 3. The van der Waals surface area contributed by atoms with Gasteiger partial charge in [0, 0.05) is 24.3 Å². The first-order chi connectivity index (χ1) is 9.08. The largest absolute Gasteiger partial charge is 0.396 e. The Morgan fingerprint density at radius 3 is 2.89 bits per heavy atom. The number of amides is 2. The summed E-state index contributed by atoms with van der Waals surface area (Å²) in [5.41, 5.74) is 0.421. The molecule has 0 aliphatic heterocycles. The monoisotopic (exact) mass is 284 g/mol. The van der Waals surface area contributed by atoms with Gasteiger partial charge in [0.2, 0.25) is 0 Å². The average molecular weight is 285 g/mol. The van der Waals surface area contributed by atoms with E-state index in [1.54, 1.807) is 0 Å². The van der Waals surface area contributed by atoms with Crippen LogP contribution in [-0.2, 0) is 0 Å². The minimum absolute atomic E-state index is 0.0427. The lowest BCUT2D eigenvalue weighted by Gasteiger charge is -2.13. The number of rotatable bonds is 3. The first-order valence-electron chi connectivity index (χ1n) is 5.90. The molecule has 0 bridgehead atoms. The number of anilines is 1. The lowest BCUT2D eigenvalue weighted by molar-refractivity contribution is 0.238. The molecule has 1 aliphatic rings. The molecule has 1 aromatic rings. The zero-order valence-corrected chi connectivity index (χ0v) is 10.8. The third-order valence-corrected chi connectivity index (χ3v) is 3.19. The zero-order valence-electron chi connectivity index (χ0n) is 10.1. The van der Waals surface area contributed by atoms with Crippen LogP contribution < -0.4 is 10.6 Å². The quantitative estimate of drug-likeness (QED) is 0.747. The maximum Gasteiger partial charge on any atom is 0.319 e. The third kappa shape index (κ3) is 3.68. The van der Waals surface area contributed by atoms with Crippen LogP contribution >= 0.6 is 11.6 Å².